The van der Waals surface area contributed by atoms with Gasteiger partial charge in [-0.15, -0.1) is 0 Å². The van der Waals surface area contributed by atoms with Crippen LogP contribution >= 0.6 is 0 Å². The number of rotatable bonds is 4. The maximum absolute atomic E-state index is 11.6. The van der Waals surface area contributed by atoms with Gasteiger partial charge >= 0.3 is 0 Å². The Hall–Kier alpha value is -2.32. The number of hydrogen-bond donors (Lipinski definition) is 1. The molecule has 0 bridgehead atoms. The Morgan fingerprint density at radius 1 is 1.16 bits per heavy atom. The topological polar surface area (TPSA) is 170 Å². The van der Waals surface area contributed by atoms with Gasteiger partial charge in [-0.2, -0.15) is 10.2 Å². The summed E-state index contributed by atoms with van der Waals surface area (Å²) in [6, 6.07) is 7.60. The van der Waals surface area contributed by atoms with Crippen LogP contribution in [0.5, 0.6) is 11.5 Å². The minimum Gasteiger partial charge on any atom is -2.00 e. The van der Waals surface area contributed by atoms with Gasteiger partial charge in [-0.3, -0.25) is 4.98 Å². The van der Waals surface area contributed by atoms with Crippen molar-refractivity contribution in [3.05, 3.63) is 53.9 Å². The zero-order valence-corrected chi connectivity index (χ0v) is 15.4. The summed E-state index contributed by atoms with van der Waals surface area (Å²) in [4.78, 5) is 3.80. The van der Waals surface area contributed by atoms with Crippen molar-refractivity contribution < 1.29 is 52.1 Å². The van der Waals surface area contributed by atoms with Crippen LogP contribution in [0.25, 0.3) is 0 Å². The molecule has 10 heteroatoms. The number of aromatic nitrogens is 1. The van der Waals surface area contributed by atoms with Crippen LogP contribution < -0.4 is 14.9 Å². The van der Waals surface area contributed by atoms with E-state index in [1.54, 1.807) is 12.1 Å². The SMILES string of the molecule is CO.COc1ccc(/C=N/N=C(\[O-])c2ccncc2)c([O-])c1.[Mo].[O-2].[O-2]. The maximum Gasteiger partial charge on any atom is 0.118 e. The molecule has 0 radical (unpaired) electrons. The van der Waals surface area contributed by atoms with Crippen molar-refractivity contribution in [2.45, 2.75) is 0 Å². The van der Waals surface area contributed by atoms with Gasteiger partial charge in [0.05, 0.1) is 13.3 Å². The number of ether oxygens (including phenoxy) is 1. The second-order valence-corrected chi connectivity index (χ2v) is 3.79. The molecule has 0 spiro atoms. The first-order valence-electron chi connectivity index (χ1n) is 6.19. The molecule has 0 saturated heterocycles. The van der Waals surface area contributed by atoms with Crippen LogP contribution in [0.2, 0.25) is 0 Å². The van der Waals surface area contributed by atoms with Gasteiger partial charge in [0.1, 0.15) is 5.75 Å². The van der Waals surface area contributed by atoms with Crippen molar-refractivity contribution in [2.75, 3.05) is 14.2 Å². The number of methoxy groups -OCH3 is 1. The number of nitrogens with zero attached hydrogens (tertiary/aromatic N) is 3. The van der Waals surface area contributed by atoms with E-state index in [2.05, 4.69) is 15.2 Å². The van der Waals surface area contributed by atoms with Gasteiger partial charge in [-0.05, 0) is 35.4 Å². The van der Waals surface area contributed by atoms with Gasteiger partial charge in [0, 0.05) is 46.5 Å². The summed E-state index contributed by atoms with van der Waals surface area (Å²) >= 11 is 0. The number of hydrogen-bond acceptors (Lipinski definition) is 7. The first-order valence-corrected chi connectivity index (χ1v) is 6.19. The molecule has 2 aromatic rings. The van der Waals surface area contributed by atoms with Gasteiger partial charge in [0.15, 0.2) is 0 Å². The van der Waals surface area contributed by atoms with Crippen molar-refractivity contribution >= 4 is 12.1 Å². The van der Waals surface area contributed by atoms with Crippen LogP contribution in [0, 0.1) is 0 Å². The monoisotopic (exact) mass is 431 g/mol. The van der Waals surface area contributed by atoms with Crippen molar-refractivity contribution in [1.82, 2.24) is 4.98 Å². The van der Waals surface area contributed by atoms with E-state index < -0.39 is 5.90 Å². The fraction of sp³-hybridized carbons (Fsp3) is 0.133. The molecule has 0 unspecified atom stereocenters. The predicted octanol–water partition coefficient (Wildman–Crippen LogP) is -0.327. The molecule has 2 rings (SSSR count). The van der Waals surface area contributed by atoms with Crippen LogP contribution in [-0.4, -0.2) is 36.4 Å². The van der Waals surface area contributed by atoms with E-state index in [9.17, 15) is 10.2 Å². The summed E-state index contributed by atoms with van der Waals surface area (Å²) < 4.78 is 4.92. The van der Waals surface area contributed by atoms with Gasteiger partial charge in [-0.1, -0.05) is 11.8 Å². The summed E-state index contributed by atoms with van der Waals surface area (Å²) in [6.45, 7) is 0. The quantitative estimate of drug-likeness (QED) is 0.303. The number of aliphatic hydroxyl groups excluding tert-OH is 1. The standard InChI is InChI=1S/C14H13N3O3.CH4O.Mo.2O/c1-20-12-3-2-11(13(18)8-12)9-16-17-14(19)10-4-6-15-7-5-10;1-2;;;/h2-9,18H,1H3,(H,17,19);2H,1H3;;;/q;;;2*-2/p-2/b16-9+;;;;. The van der Waals surface area contributed by atoms with Gasteiger partial charge in [0.25, 0.3) is 0 Å². The Labute approximate surface area is 159 Å². The van der Waals surface area contributed by atoms with Crippen molar-refractivity contribution in [3.8, 4) is 11.5 Å². The molecule has 0 amide bonds. The Kier molecular flexibility index (Phi) is 16.8. The van der Waals surface area contributed by atoms with E-state index in [-0.39, 0.29) is 37.8 Å². The number of benzene rings is 1. The Morgan fingerprint density at radius 2 is 1.76 bits per heavy atom. The third-order valence-electron chi connectivity index (χ3n) is 2.49. The van der Waals surface area contributed by atoms with Crippen LogP contribution in [0.15, 0.2) is 52.9 Å². The fourth-order valence-corrected chi connectivity index (χ4v) is 1.44. The summed E-state index contributed by atoms with van der Waals surface area (Å²) in [5, 5.41) is 37.4. The first kappa shape index (κ1) is 27.5. The van der Waals surface area contributed by atoms with Crippen molar-refractivity contribution in [1.29, 1.82) is 0 Å². The largest absolute Gasteiger partial charge is 2.00 e. The molecule has 0 aliphatic carbocycles. The van der Waals surface area contributed by atoms with Crippen LogP contribution in [0.4, 0.5) is 0 Å². The predicted molar refractivity (Wildman–Crippen MR) is 80.3 cm³/mol. The summed E-state index contributed by atoms with van der Waals surface area (Å²) in [6.07, 6.45) is 4.22. The normalized spacial score (nSPS) is 9.64. The molecular formula is C15H15MoN3O6-6. The van der Waals surface area contributed by atoms with E-state index in [0.29, 0.717) is 16.9 Å². The second kappa shape index (κ2) is 15.2. The zero-order chi connectivity index (χ0) is 16.4. The summed E-state index contributed by atoms with van der Waals surface area (Å²) in [5.41, 5.74) is 0.714. The molecule has 1 N–H and O–H groups in total. The smallest absolute Gasteiger partial charge is 0.118 e. The molecule has 0 atom stereocenters. The molecule has 25 heavy (non-hydrogen) atoms. The van der Waals surface area contributed by atoms with E-state index >= 15 is 0 Å². The minimum atomic E-state index is -0.496. The molecule has 9 nitrogen and oxygen atoms in total. The second-order valence-electron chi connectivity index (χ2n) is 3.79. The Bertz CT molecular complexity index is 653. The average Bonchev–Trinajstić information content (AvgIpc) is 2.58. The third-order valence-corrected chi connectivity index (χ3v) is 2.49. The third kappa shape index (κ3) is 8.92. The molecule has 0 fully saturated rings. The van der Waals surface area contributed by atoms with Crippen molar-refractivity contribution in [2.24, 2.45) is 10.2 Å². The Balaban J connectivity index is -0.000000934. The zero-order valence-electron chi connectivity index (χ0n) is 13.4. The molecule has 1 aromatic carbocycles. The summed E-state index contributed by atoms with van der Waals surface area (Å²) in [5.74, 6) is -0.277. The van der Waals surface area contributed by atoms with E-state index in [1.165, 1.54) is 43.9 Å². The van der Waals surface area contributed by atoms with Crippen LogP contribution in [-0.2, 0) is 32.0 Å². The Morgan fingerprint density at radius 3 is 2.28 bits per heavy atom. The minimum absolute atomic E-state index is 0. The van der Waals surface area contributed by atoms with E-state index in [1.807, 2.05) is 0 Å². The molecule has 0 saturated carbocycles. The van der Waals surface area contributed by atoms with Crippen LogP contribution in [0.3, 0.4) is 0 Å². The van der Waals surface area contributed by atoms with Gasteiger partial charge in [-0.25, -0.2) is 0 Å². The molecule has 0 aliphatic heterocycles. The molecule has 1 heterocycles. The maximum atomic E-state index is 11.6. The first-order chi connectivity index (χ1) is 10.7. The van der Waals surface area contributed by atoms with Crippen LogP contribution in [0.1, 0.15) is 11.1 Å². The summed E-state index contributed by atoms with van der Waals surface area (Å²) in [7, 11) is 2.48. The van der Waals surface area contributed by atoms with Crippen molar-refractivity contribution in [3.63, 3.8) is 0 Å². The average molecular weight is 429 g/mol. The van der Waals surface area contributed by atoms with Gasteiger partial charge < -0.3 is 31.0 Å². The number of aliphatic hydroxyl groups is 1. The van der Waals surface area contributed by atoms with E-state index in [4.69, 9.17) is 9.84 Å². The fourth-order valence-electron chi connectivity index (χ4n) is 1.44. The van der Waals surface area contributed by atoms with E-state index in [0.717, 1.165) is 7.11 Å². The molecule has 1 aromatic heterocycles. The molecule has 0 aliphatic rings. The van der Waals surface area contributed by atoms with Gasteiger partial charge in [0.2, 0.25) is 0 Å². The molecular weight excluding hydrogens is 414 g/mol. The number of pyridine rings is 1. The molecule has 138 valence electrons.